The molecule has 0 spiro atoms. The molecule has 15 heavy (non-hydrogen) atoms. The average molecular weight is 211 g/mol. The molecule has 1 aromatic carbocycles. The lowest BCUT2D eigenvalue weighted by Gasteiger charge is -1.92. The number of nitrogens with one attached hydrogen (secondary N) is 1. The molecule has 0 saturated carbocycles. The number of benzene rings is 1. The summed E-state index contributed by atoms with van der Waals surface area (Å²) in [5.41, 5.74) is 0.324. The number of esters is 1. The Bertz CT molecular complexity index is 533. The predicted octanol–water partition coefficient (Wildman–Crippen LogP) is 2.23. The van der Waals surface area contributed by atoms with Gasteiger partial charge in [0.05, 0.1) is 12.6 Å². The van der Waals surface area contributed by atoms with Gasteiger partial charge in [0.25, 0.3) is 0 Å². The fourth-order valence-corrected chi connectivity index (χ4v) is 1.38. The van der Waals surface area contributed by atoms with Crippen LogP contribution in [0.3, 0.4) is 0 Å². The van der Waals surface area contributed by atoms with Gasteiger partial charge in [-0.05, 0) is 12.1 Å². The zero-order valence-corrected chi connectivity index (χ0v) is 7.80. The molecule has 5 heteroatoms. The molecule has 0 aliphatic heterocycles. The number of carbonyl (C=O) groups excluding carboxylic acids is 1. The van der Waals surface area contributed by atoms with Crippen molar-refractivity contribution in [2.24, 2.45) is 0 Å². The maximum absolute atomic E-state index is 13.2. The molecule has 0 amide bonds. The molecule has 1 heterocycles. The average Bonchev–Trinajstić information content (AvgIpc) is 2.60. The zero-order chi connectivity index (χ0) is 11.0. The minimum absolute atomic E-state index is 0.0944. The monoisotopic (exact) mass is 211 g/mol. The van der Waals surface area contributed by atoms with E-state index >= 15 is 0 Å². The summed E-state index contributed by atoms with van der Waals surface area (Å²) < 4.78 is 30.5. The highest BCUT2D eigenvalue weighted by Crippen LogP contribution is 2.20. The van der Waals surface area contributed by atoms with E-state index in [1.165, 1.54) is 13.2 Å². The molecule has 0 aliphatic carbocycles. The largest absolute Gasteiger partial charge is 0.464 e. The lowest BCUT2D eigenvalue weighted by molar-refractivity contribution is 0.0595. The highest BCUT2D eigenvalue weighted by molar-refractivity contribution is 5.94. The van der Waals surface area contributed by atoms with Crippen LogP contribution >= 0.6 is 0 Å². The third-order valence-corrected chi connectivity index (χ3v) is 2.06. The first kappa shape index (κ1) is 9.64. The van der Waals surface area contributed by atoms with Gasteiger partial charge in [0.2, 0.25) is 0 Å². The van der Waals surface area contributed by atoms with Crippen molar-refractivity contribution in [3.05, 3.63) is 35.5 Å². The van der Waals surface area contributed by atoms with Gasteiger partial charge in [0, 0.05) is 11.5 Å². The quantitative estimate of drug-likeness (QED) is 0.735. The van der Waals surface area contributed by atoms with Crippen molar-refractivity contribution in [3.8, 4) is 0 Å². The third-order valence-electron chi connectivity index (χ3n) is 2.06. The number of rotatable bonds is 1. The highest BCUT2D eigenvalue weighted by Gasteiger charge is 2.12. The molecule has 0 aliphatic rings. The molecule has 2 rings (SSSR count). The van der Waals surface area contributed by atoms with Gasteiger partial charge in [-0.15, -0.1) is 0 Å². The Kier molecular flexibility index (Phi) is 2.15. The summed E-state index contributed by atoms with van der Waals surface area (Å²) in [5.74, 6) is -2.03. The van der Waals surface area contributed by atoms with Crippen LogP contribution in [0.25, 0.3) is 10.9 Å². The summed E-state index contributed by atoms with van der Waals surface area (Å²) in [6.07, 6.45) is 0. The number of halogens is 2. The van der Waals surface area contributed by atoms with Crippen LogP contribution in [0.15, 0.2) is 18.2 Å². The van der Waals surface area contributed by atoms with Crippen LogP contribution in [0.2, 0.25) is 0 Å². The van der Waals surface area contributed by atoms with Crippen LogP contribution in [0.4, 0.5) is 8.78 Å². The van der Waals surface area contributed by atoms with Gasteiger partial charge in [-0.3, -0.25) is 0 Å². The normalized spacial score (nSPS) is 10.6. The Morgan fingerprint density at radius 1 is 1.33 bits per heavy atom. The fourth-order valence-electron chi connectivity index (χ4n) is 1.38. The standard InChI is InChI=1S/C10H7F2NO2/c1-15-10(14)9-4-6-7(12)2-5(11)3-8(6)13-9/h2-4,13H,1H3. The van der Waals surface area contributed by atoms with Crippen LogP contribution in [-0.2, 0) is 4.74 Å². The van der Waals surface area contributed by atoms with Crippen LogP contribution in [0.1, 0.15) is 10.5 Å². The van der Waals surface area contributed by atoms with Gasteiger partial charge in [0.15, 0.2) is 0 Å². The number of fused-ring (bicyclic) bond motifs is 1. The lowest BCUT2D eigenvalue weighted by atomic mass is 10.2. The number of carbonyl (C=O) groups is 1. The van der Waals surface area contributed by atoms with Crippen molar-refractivity contribution in [1.82, 2.24) is 4.98 Å². The summed E-state index contributed by atoms with van der Waals surface area (Å²) in [5, 5.41) is 0.164. The Labute approximate surface area is 83.7 Å². The maximum Gasteiger partial charge on any atom is 0.354 e. The minimum atomic E-state index is -0.712. The van der Waals surface area contributed by atoms with Crippen LogP contribution < -0.4 is 0 Å². The molecule has 0 radical (unpaired) electrons. The molecule has 0 bridgehead atoms. The van der Waals surface area contributed by atoms with E-state index < -0.39 is 17.6 Å². The van der Waals surface area contributed by atoms with E-state index in [0.717, 1.165) is 12.1 Å². The van der Waals surface area contributed by atoms with E-state index in [9.17, 15) is 13.6 Å². The summed E-state index contributed by atoms with van der Waals surface area (Å²) >= 11 is 0. The second-order valence-electron chi connectivity index (χ2n) is 3.02. The predicted molar refractivity (Wildman–Crippen MR) is 49.6 cm³/mol. The molecule has 2 aromatic rings. The van der Waals surface area contributed by atoms with Crippen molar-refractivity contribution in [3.63, 3.8) is 0 Å². The molecular weight excluding hydrogens is 204 g/mol. The summed E-state index contributed by atoms with van der Waals surface area (Å²) in [7, 11) is 1.21. The van der Waals surface area contributed by atoms with Gasteiger partial charge < -0.3 is 9.72 Å². The molecule has 0 unspecified atom stereocenters. The molecule has 0 fully saturated rings. The number of methoxy groups -OCH3 is 1. The Morgan fingerprint density at radius 2 is 2.07 bits per heavy atom. The second kappa shape index (κ2) is 3.34. The van der Waals surface area contributed by atoms with Gasteiger partial charge >= 0.3 is 5.97 Å². The second-order valence-corrected chi connectivity index (χ2v) is 3.02. The van der Waals surface area contributed by atoms with Crippen LogP contribution in [0.5, 0.6) is 0 Å². The summed E-state index contributed by atoms with van der Waals surface area (Å²) in [4.78, 5) is 13.7. The molecular formula is C10H7F2NO2. The fraction of sp³-hybridized carbons (Fsp3) is 0.100. The number of hydrogen-bond acceptors (Lipinski definition) is 2. The third kappa shape index (κ3) is 1.56. The van der Waals surface area contributed by atoms with Crippen molar-refractivity contribution >= 4 is 16.9 Å². The first-order valence-electron chi connectivity index (χ1n) is 4.18. The lowest BCUT2D eigenvalue weighted by Crippen LogP contribution is -2.00. The molecule has 0 saturated heterocycles. The maximum atomic E-state index is 13.2. The SMILES string of the molecule is COC(=O)c1cc2c(F)cc(F)cc2[nH]1. The van der Waals surface area contributed by atoms with Gasteiger partial charge in [0.1, 0.15) is 17.3 Å². The van der Waals surface area contributed by atoms with Crippen molar-refractivity contribution in [2.75, 3.05) is 7.11 Å². The molecule has 3 nitrogen and oxygen atoms in total. The topological polar surface area (TPSA) is 42.1 Å². The van der Waals surface area contributed by atoms with Gasteiger partial charge in [-0.25, -0.2) is 13.6 Å². The van der Waals surface area contributed by atoms with Gasteiger partial charge in [-0.2, -0.15) is 0 Å². The van der Waals surface area contributed by atoms with E-state index in [1.54, 1.807) is 0 Å². The summed E-state index contributed by atoms with van der Waals surface area (Å²) in [6.45, 7) is 0. The highest BCUT2D eigenvalue weighted by atomic mass is 19.1. The molecule has 0 atom stereocenters. The van der Waals surface area contributed by atoms with Crippen LogP contribution in [-0.4, -0.2) is 18.1 Å². The summed E-state index contributed by atoms with van der Waals surface area (Å²) in [6, 6.07) is 3.16. The first-order chi connectivity index (χ1) is 7.11. The number of aromatic nitrogens is 1. The van der Waals surface area contributed by atoms with Gasteiger partial charge in [-0.1, -0.05) is 0 Å². The van der Waals surface area contributed by atoms with E-state index in [1.807, 2.05) is 0 Å². The number of hydrogen-bond donors (Lipinski definition) is 1. The van der Waals surface area contributed by atoms with Crippen molar-refractivity contribution < 1.29 is 18.3 Å². The van der Waals surface area contributed by atoms with E-state index in [-0.39, 0.29) is 16.6 Å². The first-order valence-corrected chi connectivity index (χ1v) is 4.18. The zero-order valence-electron chi connectivity index (χ0n) is 7.80. The number of H-pyrrole nitrogens is 1. The van der Waals surface area contributed by atoms with Crippen LogP contribution in [0, 0.1) is 11.6 Å². The van der Waals surface area contributed by atoms with E-state index in [2.05, 4.69) is 9.72 Å². The van der Waals surface area contributed by atoms with Crippen molar-refractivity contribution in [1.29, 1.82) is 0 Å². The molecule has 1 aromatic heterocycles. The molecule has 1 N–H and O–H groups in total. The van der Waals surface area contributed by atoms with E-state index in [4.69, 9.17) is 0 Å². The Hall–Kier alpha value is -1.91. The Morgan fingerprint density at radius 3 is 2.73 bits per heavy atom. The number of ether oxygens (including phenoxy) is 1. The minimum Gasteiger partial charge on any atom is -0.464 e. The smallest absolute Gasteiger partial charge is 0.354 e. The van der Waals surface area contributed by atoms with E-state index in [0.29, 0.717) is 0 Å². The Balaban J connectivity index is 2.65. The van der Waals surface area contributed by atoms with Crippen molar-refractivity contribution in [2.45, 2.75) is 0 Å². The number of aromatic amines is 1. The molecule has 78 valence electrons.